The summed E-state index contributed by atoms with van der Waals surface area (Å²) in [5, 5.41) is 10.9. The second kappa shape index (κ2) is 9.70. The third-order valence-corrected chi connectivity index (χ3v) is 14.3. The first-order valence-corrected chi connectivity index (χ1v) is 16.7. The van der Waals surface area contributed by atoms with Crippen LogP contribution in [-0.4, -0.2) is 29.1 Å². The summed E-state index contributed by atoms with van der Waals surface area (Å²) in [5.74, 6) is 1.09. The maximum absolute atomic E-state index is 18.4. The van der Waals surface area contributed by atoms with E-state index in [0.29, 0.717) is 24.7 Å². The largest absolute Gasteiger partial charge is 0.393 e. The molecule has 5 rings (SSSR count). The summed E-state index contributed by atoms with van der Waals surface area (Å²) >= 11 is 6.79. The summed E-state index contributed by atoms with van der Waals surface area (Å²) in [5.41, 5.74) is -0.0377. The minimum Gasteiger partial charge on any atom is -0.393 e. The fourth-order valence-corrected chi connectivity index (χ4v) is 12.3. The van der Waals surface area contributed by atoms with Crippen LogP contribution in [-0.2, 0) is 4.74 Å². The zero-order chi connectivity index (χ0) is 28.8. The number of allylic oxidation sites excluding steroid dienone is 2. The molecule has 0 spiro atoms. The Morgan fingerprint density at radius 2 is 1.67 bits per heavy atom. The van der Waals surface area contributed by atoms with Gasteiger partial charge in [0.25, 0.3) is 0 Å². The molecule has 5 aliphatic rings. The number of aliphatic hydroxyl groups excluding tert-OH is 1. The molecule has 5 fully saturated rings. The summed E-state index contributed by atoms with van der Waals surface area (Å²) in [6, 6.07) is 0. The fourth-order valence-electron chi connectivity index (χ4n) is 12.0. The minimum atomic E-state index is -1.17. The minimum absolute atomic E-state index is 0.0127. The van der Waals surface area contributed by atoms with E-state index >= 15 is 4.39 Å². The van der Waals surface area contributed by atoms with Crippen LogP contribution in [0.2, 0.25) is 0 Å². The van der Waals surface area contributed by atoms with Crippen molar-refractivity contribution in [3.63, 3.8) is 0 Å². The number of hydrogen-bond acceptors (Lipinski definition) is 2. The molecular weight excluding hydrogens is 507 g/mol. The second-order valence-electron chi connectivity index (χ2n) is 16.8. The summed E-state index contributed by atoms with van der Waals surface area (Å²) in [6.45, 7) is 20.5. The molecule has 0 heterocycles. The Hall–Kier alpha value is -0.120. The average Bonchev–Trinajstić information content (AvgIpc) is 2.81. The lowest BCUT2D eigenvalue weighted by molar-refractivity contribution is -0.281. The maximum atomic E-state index is 18.4. The Balaban J connectivity index is 1.50. The van der Waals surface area contributed by atoms with Crippen LogP contribution in [0.15, 0.2) is 10.6 Å². The molecule has 2 nitrogen and oxygen atoms in total. The lowest BCUT2D eigenvalue weighted by atomic mass is 9.31. The molecule has 224 valence electrons. The molecule has 0 radical (unpaired) electrons. The molecular formula is C35H58ClFO2. The Kier molecular flexibility index (Phi) is 7.55. The molecule has 1 N–H and O–H groups in total. The zero-order valence-electron chi connectivity index (χ0n) is 26.6. The topological polar surface area (TPSA) is 29.5 Å². The number of aliphatic hydroxyl groups is 1. The molecule has 5 saturated carbocycles. The van der Waals surface area contributed by atoms with Gasteiger partial charge < -0.3 is 9.84 Å². The number of alkyl halides is 1. The Labute approximate surface area is 244 Å². The van der Waals surface area contributed by atoms with Crippen molar-refractivity contribution in [2.24, 2.45) is 44.8 Å². The van der Waals surface area contributed by atoms with Crippen molar-refractivity contribution < 1.29 is 14.2 Å². The van der Waals surface area contributed by atoms with Crippen molar-refractivity contribution >= 4 is 11.6 Å². The summed E-state index contributed by atoms with van der Waals surface area (Å²) in [4.78, 5) is 0. The van der Waals surface area contributed by atoms with Crippen LogP contribution in [0.1, 0.15) is 139 Å². The molecule has 11 atom stereocenters. The van der Waals surface area contributed by atoms with E-state index in [9.17, 15) is 5.11 Å². The van der Waals surface area contributed by atoms with E-state index in [1.54, 1.807) is 0 Å². The summed E-state index contributed by atoms with van der Waals surface area (Å²) in [6.07, 6.45) is 12.2. The lowest BCUT2D eigenvalue weighted by Crippen LogP contribution is -2.72. The van der Waals surface area contributed by atoms with Crippen LogP contribution in [0.3, 0.4) is 0 Å². The third-order valence-electron chi connectivity index (χ3n) is 14.1. The van der Waals surface area contributed by atoms with Gasteiger partial charge in [0.05, 0.1) is 18.3 Å². The number of hydrogen-bond donors (Lipinski definition) is 1. The van der Waals surface area contributed by atoms with Crippen molar-refractivity contribution in [3.8, 4) is 0 Å². The quantitative estimate of drug-likeness (QED) is 0.368. The third kappa shape index (κ3) is 4.35. The van der Waals surface area contributed by atoms with Crippen molar-refractivity contribution in [3.05, 3.63) is 10.6 Å². The first-order valence-electron chi connectivity index (χ1n) is 16.3. The predicted octanol–water partition coefficient (Wildman–Crippen LogP) is 10.0. The molecule has 39 heavy (non-hydrogen) atoms. The van der Waals surface area contributed by atoms with Crippen LogP contribution in [0, 0.1) is 44.8 Å². The number of rotatable bonds is 4. The highest BCUT2D eigenvalue weighted by Gasteiger charge is 2.75. The standard InChI is InChI=1S/C35H58ClFO2/c1-22(38)19-23(2)39-27-11-10-14-31(6)25(27)12-15-33(8)28(31)13-16-35(37)29-21-30(4,5)20-26(24(3)36)32(29,7)17-18-34(33,35)9/h22-23,25,27-29,38H,10-21H2,1-9H3/b26-24-/t22-,23-,25-,27?,28+,29-,31-,32-,33+,34-,35-/m0/s1. The Morgan fingerprint density at radius 3 is 2.31 bits per heavy atom. The molecule has 5 aliphatic carbocycles. The number of fused-ring (bicyclic) bond motifs is 7. The van der Waals surface area contributed by atoms with Gasteiger partial charge in [0, 0.05) is 16.4 Å². The van der Waals surface area contributed by atoms with Crippen molar-refractivity contribution in [1.82, 2.24) is 0 Å². The molecule has 0 aromatic carbocycles. The molecule has 0 aliphatic heterocycles. The smallest absolute Gasteiger partial charge is 0.120 e. The van der Waals surface area contributed by atoms with E-state index < -0.39 is 5.67 Å². The summed E-state index contributed by atoms with van der Waals surface area (Å²) < 4.78 is 25.1. The van der Waals surface area contributed by atoms with Gasteiger partial charge in [-0.2, -0.15) is 0 Å². The highest BCUT2D eigenvalue weighted by molar-refractivity contribution is 6.29. The SMILES string of the molecule is C/C(Cl)=C1\CC(C)(C)C[C@H]2[C@@]1(C)CC[C@@]1(C)[C@]3(C)CC[C@H]4C(O[C@@H](C)C[C@H](C)O)CCC[C@]4(C)[C@H]3CC[C@]21F. The van der Waals surface area contributed by atoms with Crippen LogP contribution in [0.25, 0.3) is 0 Å². The van der Waals surface area contributed by atoms with Gasteiger partial charge in [-0.1, -0.05) is 59.6 Å². The molecule has 4 heteroatoms. The van der Waals surface area contributed by atoms with Crippen LogP contribution in [0.4, 0.5) is 4.39 Å². The van der Waals surface area contributed by atoms with Gasteiger partial charge in [-0.3, -0.25) is 0 Å². The van der Waals surface area contributed by atoms with E-state index in [0.717, 1.165) is 56.4 Å². The second-order valence-corrected chi connectivity index (χ2v) is 17.4. The number of halogens is 2. The molecule has 0 saturated heterocycles. The van der Waals surface area contributed by atoms with Gasteiger partial charge >= 0.3 is 0 Å². The maximum Gasteiger partial charge on any atom is 0.120 e. The molecule has 0 aromatic heterocycles. The van der Waals surface area contributed by atoms with Crippen molar-refractivity contribution in [1.29, 1.82) is 0 Å². The van der Waals surface area contributed by atoms with E-state index in [1.807, 2.05) is 13.8 Å². The first kappa shape index (κ1) is 30.3. The first-order chi connectivity index (χ1) is 17.9. The number of ether oxygens (including phenoxy) is 1. The Bertz CT molecular complexity index is 987. The van der Waals surface area contributed by atoms with Gasteiger partial charge in [0.15, 0.2) is 0 Å². The van der Waals surface area contributed by atoms with Gasteiger partial charge in [0.2, 0.25) is 0 Å². The van der Waals surface area contributed by atoms with Crippen molar-refractivity contribution in [2.75, 3.05) is 0 Å². The molecule has 0 bridgehead atoms. The van der Waals surface area contributed by atoms with Crippen LogP contribution in [0.5, 0.6) is 0 Å². The highest BCUT2D eigenvalue weighted by Crippen LogP contribution is 2.78. The molecule has 1 unspecified atom stereocenters. The fraction of sp³-hybridized carbons (Fsp3) is 0.943. The summed E-state index contributed by atoms with van der Waals surface area (Å²) in [7, 11) is 0. The molecule has 0 aromatic rings. The van der Waals surface area contributed by atoms with E-state index in [-0.39, 0.29) is 51.3 Å². The zero-order valence-corrected chi connectivity index (χ0v) is 27.3. The average molecular weight is 565 g/mol. The van der Waals surface area contributed by atoms with Gasteiger partial charge in [-0.15, -0.1) is 0 Å². The highest BCUT2D eigenvalue weighted by atomic mass is 35.5. The monoisotopic (exact) mass is 564 g/mol. The Morgan fingerprint density at radius 1 is 0.974 bits per heavy atom. The van der Waals surface area contributed by atoms with Crippen LogP contribution < -0.4 is 0 Å². The van der Waals surface area contributed by atoms with E-state index in [4.69, 9.17) is 16.3 Å². The van der Waals surface area contributed by atoms with Gasteiger partial charge in [-0.05, 0) is 130 Å². The van der Waals surface area contributed by atoms with Crippen LogP contribution >= 0.6 is 11.6 Å². The lowest BCUT2D eigenvalue weighted by Gasteiger charge is -2.74. The van der Waals surface area contributed by atoms with E-state index in [1.165, 1.54) is 18.4 Å². The molecule has 0 amide bonds. The predicted molar refractivity (Wildman–Crippen MR) is 160 cm³/mol. The van der Waals surface area contributed by atoms with E-state index in [2.05, 4.69) is 48.5 Å². The van der Waals surface area contributed by atoms with Gasteiger partial charge in [-0.25, -0.2) is 4.39 Å². The van der Waals surface area contributed by atoms with Crippen molar-refractivity contribution in [2.45, 2.75) is 163 Å². The normalized spacial score (nSPS) is 52.0. The van der Waals surface area contributed by atoms with Gasteiger partial charge in [0.1, 0.15) is 5.67 Å².